The molecule has 0 bridgehead atoms. The molecule has 0 spiro atoms. The minimum absolute atomic E-state index is 0.0573. The van der Waals surface area contributed by atoms with Crippen LogP contribution in [0.4, 0.5) is 0 Å². The van der Waals surface area contributed by atoms with Crippen LogP contribution in [0.2, 0.25) is 0 Å². The lowest BCUT2D eigenvalue weighted by Gasteiger charge is -2.07. The van der Waals surface area contributed by atoms with Gasteiger partial charge >= 0.3 is 5.97 Å². The van der Waals surface area contributed by atoms with E-state index < -0.39 is 34.1 Å². The monoisotopic (exact) mass is 329 g/mol. The molecule has 0 aliphatic heterocycles. The molecule has 7 nitrogen and oxygen atoms in total. The number of hydrogen-bond acceptors (Lipinski definition) is 5. The van der Waals surface area contributed by atoms with E-state index in [2.05, 4.69) is 5.32 Å². The molecule has 1 rings (SSSR count). The lowest BCUT2D eigenvalue weighted by atomic mass is 10.1. The van der Waals surface area contributed by atoms with Crippen LogP contribution in [-0.4, -0.2) is 50.1 Å². The van der Waals surface area contributed by atoms with Gasteiger partial charge in [-0.2, -0.15) is 0 Å². The van der Waals surface area contributed by atoms with Gasteiger partial charge in [-0.3, -0.25) is 4.79 Å². The van der Waals surface area contributed by atoms with Crippen LogP contribution in [0.25, 0.3) is 0 Å². The first-order valence-corrected chi connectivity index (χ1v) is 8.55. The van der Waals surface area contributed by atoms with Crippen molar-refractivity contribution in [3.8, 4) is 5.75 Å². The molecular formula is C14H19NO6S. The van der Waals surface area contributed by atoms with Crippen LogP contribution in [0.3, 0.4) is 0 Å². The van der Waals surface area contributed by atoms with E-state index in [0.717, 1.165) is 5.56 Å². The summed E-state index contributed by atoms with van der Waals surface area (Å²) in [5, 5.41) is 11.0. The van der Waals surface area contributed by atoms with Gasteiger partial charge in [0.1, 0.15) is 11.5 Å². The Morgan fingerprint density at radius 2 is 1.86 bits per heavy atom. The summed E-state index contributed by atoms with van der Waals surface area (Å²) in [5.41, 5.74) is 0.918. The zero-order valence-corrected chi connectivity index (χ0v) is 13.1. The van der Waals surface area contributed by atoms with Gasteiger partial charge in [0.05, 0.1) is 0 Å². The average molecular weight is 329 g/mol. The molecule has 0 saturated heterocycles. The Balaban J connectivity index is 2.36. The van der Waals surface area contributed by atoms with Crippen LogP contribution in [-0.2, 0) is 25.8 Å². The van der Waals surface area contributed by atoms with Gasteiger partial charge < -0.3 is 15.2 Å². The molecule has 2 N–H and O–H groups in total. The molecule has 0 unspecified atom stereocenters. The van der Waals surface area contributed by atoms with Crippen molar-refractivity contribution < 1.29 is 27.9 Å². The Labute approximate surface area is 129 Å². The van der Waals surface area contributed by atoms with Crippen molar-refractivity contribution in [2.24, 2.45) is 0 Å². The number of sulfone groups is 1. The highest BCUT2D eigenvalue weighted by Crippen LogP contribution is 2.12. The van der Waals surface area contributed by atoms with E-state index >= 15 is 0 Å². The van der Waals surface area contributed by atoms with Crippen LogP contribution in [0.5, 0.6) is 5.75 Å². The second kappa shape index (κ2) is 8.38. The maximum Gasteiger partial charge on any atom is 0.341 e. The fraction of sp³-hybridized carbons (Fsp3) is 0.429. The van der Waals surface area contributed by atoms with Gasteiger partial charge in [-0.15, -0.1) is 0 Å². The first-order chi connectivity index (χ1) is 10.3. The zero-order chi connectivity index (χ0) is 16.6. The number of carbonyl (C=O) groups is 2. The largest absolute Gasteiger partial charge is 0.482 e. The van der Waals surface area contributed by atoms with Crippen LogP contribution in [0.1, 0.15) is 12.5 Å². The number of carbonyl (C=O) groups excluding carboxylic acids is 1. The van der Waals surface area contributed by atoms with E-state index in [1.807, 2.05) is 0 Å². The fourth-order valence-corrected chi connectivity index (χ4v) is 2.30. The van der Waals surface area contributed by atoms with Gasteiger partial charge in [0, 0.05) is 12.3 Å². The Hall–Kier alpha value is -2.09. The van der Waals surface area contributed by atoms with E-state index in [0.29, 0.717) is 18.7 Å². The van der Waals surface area contributed by atoms with Crippen molar-refractivity contribution in [1.82, 2.24) is 5.32 Å². The zero-order valence-electron chi connectivity index (χ0n) is 12.2. The van der Waals surface area contributed by atoms with E-state index in [-0.39, 0.29) is 5.75 Å². The number of nitrogens with one attached hydrogen (secondary N) is 1. The van der Waals surface area contributed by atoms with Gasteiger partial charge in [0.25, 0.3) is 0 Å². The third-order valence-corrected chi connectivity index (χ3v) is 4.39. The molecule has 0 radical (unpaired) electrons. The highest BCUT2D eigenvalue weighted by Gasteiger charge is 2.13. The topological polar surface area (TPSA) is 110 Å². The Bertz CT molecular complexity index is 609. The number of hydrogen-bond donors (Lipinski definition) is 2. The summed E-state index contributed by atoms with van der Waals surface area (Å²) < 4.78 is 27.5. The second-order valence-electron chi connectivity index (χ2n) is 4.60. The van der Waals surface area contributed by atoms with E-state index in [4.69, 9.17) is 9.84 Å². The number of rotatable bonds is 9. The molecule has 0 aliphatic rings. The van der Waals surface area contributed by atoms with E-state index in [9.17, 15) is 18.0 Å². The number of ether oxygens (including phenoxy) is 1. The van der Waals surface area contributed by atoms with Crippen molar-refractivity contribution in [3.05, 3.63) is 29.8 Å². The van der Waals surface area contributed by atoms with Gasteiger partial charge in [-0.25, -0.2) is 13.2 Å². The van der Waals surface area contributed by atoms with Crippen molar-refractivity contribution >= 4 is 21.7 Å². The molecule has 122 valence electrons. The average Bonchev–Trinajstić information content (AvgIpc) is 2.46. The number of carboxylic acids is 1. The molecule has 1 amide bonds. The minimum Gasteiger partial charge on any atom is -0.482 e. The Kier molecular flexibility index (Phi) is 6.84. The lowest BCUT2D eigenvalue weighted by molar-refractivity contribution is -0.139. The molecule has 0 heterocycles. The SMILES string of the molecule is CCS(=O)(=O)CC(=O)NCCc1ccc(OCC(=O)O)cc1. The first-order valence-electron chi connectivity index (χ1n) is 6.73. The van der Waals surface area contributed by atoms with Crippen molar-refractivity contribution in [3.63, 3.8) is 0 Å². The molecule has 0 fully saturated rings. The van der Waals surface area contributed by atoms with Gasteiger partial charge in [0.2, 0.25) is 5.91 Å². The summed E-state index contributed by atoms with van der Waals surface area (Å²) in [5.74, 6) is -1.66. The summed E-state index contributed by atoms with van der Waals surface area (Å²) in [6.07, 6.45) is 0.539. The normalized spacial score (nSPS) is 11.0. The number of amides is 1. The van der Waals surface area contributed by atoms with E-state index in [1.165, 1.54) is 6.92 Å². The molecular weight excluding hydrogens is 310 g/mol. The van der Waals surface area contributed by atoms with Crippen molar-refractivity contribution in [2.75, 3.05) is 24.7 Å². The molecule has 22 heavy (non-hydrogen) atoms. The summed E-state index contributed by atoms with van der Waals surface area (Å²) in [7, 11) is -3.31. The van der Waals surface area contributed by atoms with Crippen LogP contribution >= 0.6 is 0 Å². The maximum absolute atomic E-state index is 11.4. The second-order valence-corrected chi connectivity index (χ2v) is 6.96. The van der Waals surface area contributed by atoms with Crippen molar-refractivity contribution in [1.29, 1.82) is 0 Å². The highest BCUT2D eigenvalue weighted by molar-refractivity contribution is 7.92. The summed E-state index contributed by atoms with van der Waals surface area (Å²) >= 11 is 0. The maximum atomic E-state index is 11.4. The molecule has 1 aromatic rings. The molecule has 1 aromatic carbocycles. The number of carboxylic acid groups (broad SMARTS) is 1. The van der Waals surface area contributed by atoms with Crippen LogP contribution < -0.4 is 10.1 Å². The Morgan fingerprint density at radius 1 is 1.23 bits per heavy atom. The molecule has 0 atom stereocenters. The van der Waals surface area contributed by atoms with Gasteiger partial charge in [-0.1, -0.05) is 19.1 Å². The van der Waals surface area contributed by atoms with Crippen LogP contribution in [0.15, 0.2) is 24.3 Å². The lowest BCUT2D eigenvalue weighted by Crippen LogP contribution is -2.32. The van der Waals surface area contributed by atoms with Crippen molar-refractivity contribution in [2.45, 2.75) is 13.3 Å². The highest BCUT2D eigenvalue weighted by atomic mass is 32.2. The molecule has 0 aliphatic carbocycles. The predicted octanol–water partition coefficient (Wildman–Crippen LogP) is 0.243. The first kappa shape index (κ1) is 18.0. The summed E-state index contributed by atoms with van der Waals surface area (Å²) in [6.45, 7) is 1.42. The number of benzene rings is 1. The molecule has 0 aromatic heterocycles. The van der Waals surface area contributed by atoms with Gasteiger partial charge in [0.15, 0.2) is 16.4 Å². The van der Waals surface area contributed by atoms with Crippen LogP contribution in [0, 0.1) is 0 Å². The Morgan fingerprint density at radius 3 is 2.41 bits per heavy atom. The third kappa shape index (κ3) is 7.07. The number of aliphatic carboxylic acids is 1. The molecule has 0 saturated carbocycles. The summed E-state index contributed by atoms with van der Waals surface area (Å²) in [4.78, 5) is 21.8. The third-order valence-electron chi connectivity index (χ3n) is 2.81. The summed E-state index contributed by atoms with van der Waals surface area (Å²) in [6, 6.07) is 6.79. The van der Waals surface area contributed by atoms with Gasteiger partial charge in [-0.05, 0) is 24.1 Å². The minimum atomic E-state index is -3.31. The standard InChI is InChI=1S/C14H19NO6S/c1-2-22(19,20)10-13(16)15-8-7-11-3-5-12(6-4-11)21-9-14(17)18/h3-6H,2,7-10H2,1H3,(H,15,16)(H,17,18). The predicted molar refractivity (Wildman–Crippen MR) is 80.6 cm³/mol. The molecule has 8 heteroatoms. The fourth-order valence-electron chi connectivity index (χ4n) is 1.60. The quantitative estimate of drug-likeness (QED) is 0.672. The van der Waals surface area contributed by atoms with E-state index in [1.54, 1.807) is 24.3 Å². The smallest absolute Gasteiger partial charge is 0.341 e.